The number of carbonyl (C=O) groups excluding carboxylic acids is 1. The Labute approximate surface area is 133 Å². The van der Waals surface area contributed by atoms with Gasteiger partial charge in [0, 0.05) is 23.2 Å². The second-order valence-corrected chi connectivity index (χ2v) is 6.18. The molecule has 22 heavy (non-hydrogen) atoms. The quantitative estimate of drug-likeness (QED) is 0.534. The molecule has 2 aromatic rings. The summed E-state index contributed by atoms with van der Waals surface area (Å²) in [6.45, 7) is 6.21. The van der Waals surface area contributed by atoms with Crippen LogP contribution in [0, 0.1) is 0 Å². The number of ether oxygens (including phenoxy) is 1. The number of thiophene rings is 1. The minimum atomic E-state index is -0.186. The van der Waals surface area contributed by atoms with Crippen LogP contribution in [-0.4, -0.2) is 12.5 Å². The van der Waals surface area contributed by atoms with Gasteiger partial charge in [0.2, 0.25) is 0 Å². The Morgan fingerprint density at radius 1 is 1.45 bits per heavy atom. The molecule has 0 bridgehead atoms. The Morgan fingerprint density at radius 3 is 2.95 bits per heavy atom. The fourth-order valence-electron chi connectivity index (χ4n) is 2.26. The van der Waals surface area contributed by atoms with Gasteiger partial charge in [-0.3, -0.25) is 9.69 Å². The zero-order chi connectivity index (χ0) is 15.7. The maximum atomic E-state index is 12.7. The summed E-state index contributed by atoms with van der Waals surface area (Å²) < 4.78 is 5.78. The van der Waals surface area contributed by atoms with E-state index in [2.05, 4.69) is 6.58 Å². The third-order valence-electron chi connectivity index (χ3n) is 3.19. The number of hydrogen-bond acceptors (Lipinski definition) is 4. The van der Waals surface area contributed by atoms with E-state index in [0.29, 0.717) is 29.4 Å². The van der Waals surface area contributed by atoms with Crippen molar-refractivity contribution < 1.29 is 9.53 Å². The van der Waals surface area contributed by atoms with Crippen LogP contribution in [0.3, 0.4) is 0 Å². The van der Waals surface area contributed by atoms with Crippen LogP contribution < -0.4 is 15.4 Å². The van der Waals surface area contributed by atoms with Crippen molar-refractivity contribution in [2.45, 2.75) is 6.92 Å². The van der Waals surface area contributed by atoms with Crippen LogP contribution in [0.1, 0.15) is 11.8 Å². The lowest BCUT2D eigenvalue weighted by atomic mass is 10.1. The summed E-state index contributed by atoms with van der Waals surface area (Å²) in [5, 5.41) is 1.96. The number of nitrogen functional groups attached to an aromatic ring is 1. The molecule has 0 fully saturated rings. The van der Waals surface area contributed by atoms with Crippen molar-refractivity contribution in [2.75, 3.05) is 17.2 Å². The minimum absolute atomic E-state index is 0.186. The summed E-state index contributed by atoms with van der Waals surface area (Å²) in [4.78, 5) is 15.3. The molecule has 1 aliphatic rings. The molecule has 112 valence electrons. The summed E-state index contributed by atoms with van der Waals surface area (Å²) in [5.74, 6) is 0.744. The smallest absolute Gasteiger partial charge is 0.294 e. The lowest BCUT2D eigenvalue weighted by molar-refractivity contribution is -0.117. The zero-order valence-corrected chi connectivity index (χ0v) is 13.0. The molecular weight excluding hydrogens is 296 g/mol. The Kier molecular flexibility index (Phi) is 3.73. The molecule has 0 spiro atoms. The van der Waals surface area contributed by atoms with Crippen LogP contribution in [0.15, 0.2) is 53.6 Å². The Balaban J connectivity index is 2.06. The average molecular weight is 312 g/mol. The van der Waals surface area contributed by atoms with E-state index in [-0.39, 0.29) is 5.91 Å². The molecule has 0 unspecified atom stereocenters. The maximum Gasteiger partial charge on any atom is 0.294 e. The van der Waals surface area contributed by atoms with Crippen LogP contribution in [0.5, 0.6) is 5.75 Å². The first kappa shape index (κ1) is 14.4. The van der Waals surface area contributed by atoms with Crippen molar-refractivity contribution in [2.24, 2.45) is 0 Å². The fourth-order valence-corrected chi connectivity index (χ4v) is 2.90. The molecule has 0 atom stereocenters. The average Bonchev–Trinajstić information content (AvgIpc) is 2.97. The number of carbonyl (C=O) groups is 1. The lowest BCUT2D eigenvalue weighted by Crippen LogP contribution is -2.38. The van der Waals surface area contributed by atoms with Crippen LogP contribution in [-0.2, 0) is 4.79 Å². The van der Waals surface area contributed by atoms with Crippen molar-refractivity contribution in [1.29, 1.82) is 0 Å². The van der Waals surface area contributed by atoms with Gasteiger partial charge < -0.3 is 10.5 Å². The monoisotopic (exact) mass is 312 g/mol. The van der Waals surface area contributed by atoms with Crippen LogP contribution in [0.2, 0.25) is 0 Å². The Hall–Kier alpha value is -2.53. The molecule has 0 saturated carbocycles. The van der Waals surface area contributed by atoms with E-state index in [9.17, 15) is 4.79 Å². The summed E-state index contributed by atoms with van der Waals surface area (Å²) >= 11 is 1.55. The van der Waals surface area contributed by atoms with Gasteiger partial charge >= 0.3 is 0 Å². The van der Waals surface area contributed by atoms with Crippen molar-refractivity contribution in [3.05, 3.63) is 58.5 Å². The highest BCUT2D eigenvalue weighted by atomic mass is 32.1. The minimum Gasteiger partial charge on any atom is -0.449 e. The van der Waals surface area contributed by atoms with Gasteiger partial charge in [0.15, 0.2) is 11.5 Å². The number of rotatable bonds is 3. The molecule has 0 radical (unpaired) electrons. The lowest BCUT2D eigenvalue weighted by Gasteiger charge is -2.30. The van der Waals surface area contributed by atoms with E-state index < -0.39 is 0 Å². The van der Waals surface area contributed by atoms with Crippen molar-refractivity contribution in [3.8, 4) is 5.75 Å². The standard InChI is InChI=1S/C17H16N2O2S/c1-11(2)10-19-14-8-12(18)5-6-15(14)21-16(17(19)20)9-13-4-3-7-22-13/h3-9H,1,10,18H2,2H3/b16-9+. The van der Waals surface area contributed by atoms with E-state index in [4.69, 9.17) is 10.5 Å². The molecule has 5 heteroatoms. The summed E-state index contributed by atoms with van der Waals surface area (Å²) in [6, 6.07) is 9.17. The number of amides is 1. The fraction of sp³-hybridized carbons (Fsp3) is 0.118. The predicted molar refractivity (Wildman–Crippen MR) is 90.9 cm³/mol. The highest BCUT2D eigenvalue weighted by Gasteiger charge is 2.30. The highest BCUT2D eigenvalue weighted by Crippen LogP contribution is 2.37. The molecule has 1 aromatic heterocycles. The summed E-state index contributed by atoms with van der Waals surface area (Å²) in [5.41, 5.74) is 7.99. The molecular formula is C17H16N2O2S. The number of benzene rings is 1. The number of anilines is 2. The molecule has 4 nitrogen and oxygen atoms in total. The van der Waals surface area contributed by atoms with Crippen LogP contribution in [0.25, 0.3) is 6.08 Å². The predicted octanol–water partition coefficient (Wildman–Crippen LogP) is 3.67. The van der Waals surface area contributed by atoms with Crippen LogP contribution in [0.4, 0.5) is 11.4 Å². The third-order valence-corrected chi connectivity index (χ3v) is 4.01. The number of nitrogens with zero attached hydrogens (tertiary/aromatic N) is 1. The first-order valence-electron chi connectivity index (χ1n) is 6.83. The molecule has 3 rings (SSSR count). The van der Waals surface area contributed by atoms with Crippen LogP contribution >= 0.6 is 11.3 Å². The van der Waals surface area contributed by atoms with Gasteiger partial charge in [-0.25, -0.2) is 0 Å². The van der Waals surface area contributed by atoms with Gasteiger partial charge in [-0.2, -0.15) is 0 Å². The molecule has 2 N–H and O–H groups in total. The van der Waals surface area contributed by atoms with Crippen molar-refractivity contribution in [1.82, 2.24) is 0 Å². The zero-order valence-electron chi connectivity index (χ0n) is 12.2. The van der Waals surface area contributed by atoms with Gasteiger partial charge in [-0.05, 0) is 36.6 Å². The molecule has 0 saturated heterocycles. The Bertz CT molecular complexity index is 763. The van der Waals surface area contributed by atoms with E-state index in [1.807, 2.05) is 24.4 Å². The van der Waals surface area contributed by atoms with E-state index in [0.717, 1.165) is 10.5 Å². The molecule has 0 aliphatic carbocycles. The van der Waals surface area contributed by atoms with Gasteiger partial charge in [-0.1, -0.05) is 18.2 Å². The maximum absolute atomic E-state index is 12.7. The number of hydrogen-bond donors (Lipinski definition) is 1. The normalized spacial score (nSPS) is 15.6. The second kappa shape index (κ2) is 5.69. The van der Waals surface area contributed by atoms with Crippen molar-refractivity contribution >= 4 is 34.7 Å². The van der Waals surface area contributed by atoms with E-state index >= 15 is 0 Å². The molecule has 1 amide bonds. The largest absolute Gasteiger partial charge is 0.449 e. The SMILES string of the molecule is C=C(C)CN1C(=O)/C(=C\c2cccs2)Oc2ccc(N)cc21. The summed E-state index contributed by atoms with van der Waals surface area (Å²) in [6.07, 6.45) is 1.76. The molecule has 1 aromatic carbocycles. The van der Waals surface area contributed by atoms with E-state index in [1.165, 1.54) is 0 Å². The van der Waals surface area contributed by atoms with E-state index in [1.54, 1.807) is 40.5 Å². The summed E-state index contributed by atoms with van der Waals surface area (Å²) in [7, 11) is 0. The first-order valence-corrected chi connectivity index (χ1v) is 7.71. The Morgan fingerprint density at radius 2 is 2.27 bits per heavy atom. The molecule has 1 aliphatic heterocycles. The van der Waals surface area contributed by atoms with Gasteiger partial charge in [-0.15, -0.1) is 11.3 Å². The molecule has 2 heterocycles. The third kappa shape index (κ3) is 2.76. The number of nitrogens with two attached hydrogens (primary N) is 1. The van der Waals surface area contributed by atoms with Gasteiger partial charge in [0.25, 0.3) is 5.91 Å². The number of fused-ring (bicyclic) bond motifs is 1. The van der Waals surface area contributed by atoms with Gasteiger partial charge in [0.05, 0.1) is 5.69 Å². The topological polar surface area (TPSA) is 55.6 Å². The van der Waals surface area contributed by atoms with Gasteiger partial charge in [0.1, 0.15) is 0 Å². The second-order valence-electron chi connectivity index (χ2n) is 5.20. The van der Waals surface area contributed by atoms with Crippen molar-refractivity contribution in [3.63, 3.8) is 0 Å². The highest BCUT2D eigenvalue weighted by molar-refractivity contribution is 7.10. The first-order chi connectivity index (χ1) is 10.5.